The Morgan fingerprint density at radius 2 is 1.86 bits per heavy atom. The smallest absolute Gasteiger partial charge is 0.266 e. The molecule has 2 heterocycles. The lowest BCUT2D eigenvalue weighted by Gasteiger charge is -2.45. The highest BCUT2D eigenvalue weighted by Crippen LogP contribution is 2.53. The van der Waals surface area contributed by atoms with Gasteiger partial charge in [0.15, 0.2) is 5.78 Å². The second-order valence-electron chi connectivity index (χ2n) is 8.64. The second kappa shape index (κ2) is 6.48. The minimum atomic E-state index is -2.83. The van der Waals surface area contributed by atoms with Crippen molar-refractivity contribution in [2.75, 3.05) is 5.32 Å². The van der Waals surface area contributed by atoms with Gasteiger partial charge in [0.2, 0.25) is 0 Å². The van der Waals surface area contributed by atoms with E-state index in [4.69, 9.17) is 0 Å². The van der Waals surface area contributed by atoms with Crippen LogP contribution < -0.4 is 5.32 Å². The normalized spacial score (nSPS) is 22.6. The minimum Gasteiger partial charge on any atom is -0.343 e. The predicted octanol–water partition coefficient (Wildman–Crippen LogP) is 5.27. The molecule has 0 saturated carbocycles. The number of carbonyl (C=O) groups excluding carboxylic acids is 1. The molecule has 1 aliphatic carbocycles. The molecule has 0 radical (unpaired) electrons. The highest BCUT2D eigenvalue weighted by molar-refractivity contribution is 6.03. The maximum absolute atomic E-state index is 13.7. The Morgan fingerprint density at radius 1 is 1.17 bits per heavy atom. The van der Waals surface area contributed by atoms with Crippen molar-refractivity contribution in [2.45, 2.75) is 45.5 Å². The number of nitrogens with one attached hydrogen (secondary N) is 1. The number of carbonyl (C=O) groups is 1. The molecule has 2 aliphatic rings. The summed E-state index contributed by atoms with van der Waals surface area (Å²) in [6.07, 6.45) is -0.786. The minimum absolute atomic E-state index is 0.0351. The zero-order chi connectivity index (χ0) is 21.0. The molecule has 1 N–H and O–H groups in total. The summed E-state index contributed by atoms with van der Waals surface area (Å²) in [4.78, 5) is 17.6. The molecular weight excluding hydrogens is 372 g/mol. The number of rotatable bonds is 2. The predicted molar refractivity (Wildman–Crippen MR) is 105 cm³/mol. The fourth-order valence-electron chi connectivity index (χ4n) is 4.73. The summed E-state index contributed by atoms with van der Waals surface area (Å²) in [5.74, 6) is 0.327. The number of benzene rings is 1. The molecular formula is C23H21F2N3O. The molecule has 1 aromatic heterocycles. The second-order valence-corrected chi connectivity index (χ2v) is 8.64. The largest absolute Gasteiger partial charge is 0.343 e. The number of hydrogen-bond donors (Lipinski definition) is 1. The van der Waals surface area contributed by atoms with Gasteiger partial charge in [-0.1, -0.05) is 44.2 Å². The monoisotopic (exact) mass is 393 g/mol. The lowest BCUT2D eigenvalue weighted by Crippen LogP contribution is -2.43. The summed E-state index contributed by atoms with van der Waals surface area (Å²) >= 11 is 0. The quantitative estimate of drug-likeness (QED) is 0.755. The van der Waals surface area contributed by atoms with Gasteiger partial charge in [0, 0.05) is 29.5 Å². The Balaban J connectivity index is 2.10. The Bertz CT molecular complexity index is 1080. The summed E-state index contributed by atoms with van der Waals surface area (Å²) in [6, 6.07) is 11.2. The van der Waals surface area contributed by atoms with Crippen LogP contribution in [0.25, 0.3) is 0 Å². The molecule has 6 heteroatoms. The van der Waals surface area contributed by atoms with E-state index >= 15 is 0 Å². The Kier molecular flexibility index (Phi) is 4.30. The van der Waals surface area contributed by atoms with E-state index in [0.29, 0.717) is 29.8 Å². The summed E-state index contributed by atoms with van der Waals surface area (Å²) in [5.41, 5.74) is 0.610. The van der Waals surface area contributed by atoms with E-state index in [1.165, 1.54) is 0 Å². The van der Waals surface area contributed by atoms with Gasteiger partial charge in [-0.15, -0.1) is 0 Å². The number of nitrogens with zero attached hydrogens (tertiary/aromatic N) is 2. The van der Waals surface area contributed by atoms with E-state index < -0.39 is 17.4 Å². The standard InChI is InChI=1S/C23H21F2N3O/c1-22(2)9-16-19(17(29)10-22)23(3,13-7-5-4-6-8-13)18-14(11-26)15(20(24)25)12-27-21(18)28-16/h4-8,12,20H,9-10H2,1-3H3,(H,27,28)/t23-/m1/s1. The van der Waals surface area contributed by atoms with E-state index in [-0.39, 0.29) is 16.8 Å². The van der Waals surface area contributed by atoms with Gasteiger partial charge in [-0.05, 0) is 24.3 Å². The van der Waals surface area contributed by atoms with Crippen LogP contribution in [-0.4, -0.2) is 10.8 Å². The highest BCUT2D eigenvalue weighted by atomic mass is 19.3. The molecule has 0 amide bonds. The van der Waals surface area contributed by atoms with Gasteiger partial charge in [-0.3, -0.25) is 4.79 Å². The number of Topliss-reactive ketones (excluding diaryl/α,β-unsaturated/α-hetero) is 1. The van der Waals surface area contributed by atoms with Gasteiger partial charge in [-0.25, -0.2) is 13.8 Å². The first-order valence-electron chi connectivity index (χ1n) is 9.50. The van der Waals surface area contributed by atoms with E-state index in [1.54, 1.807) is 0 Å². The molecule has 29 heavy (non-hydrogen) atoms. The number of nitriles is 1. The van der Waals surface area contributed by atoms with Crippen LogP contribution in [-0.2, 0) is 10.2 Å². The van der Waals surface area contributed by atoms with Gasteiger partial charge in [0.05, 0.1) is 16.5 Å². The summed E-state index contributed by atoms with van der Waals surface area (Å²) in [7, 11) is 0. The topological polar surface area (TPSA) is 65.8 Å². The van der Waals surface area contributed by atoms with Crippen LogP contribution in [0, 0.1) is 16.7 Å². The van der Waals surface area contributed by atoms with Gasteiger partial charge in [-0.2, -0.15) is 5.26 Å². The Hall–Kier alpha value is -3.07. The Labute approximate surface area is 168 Å². The first-order chi connectivity index (χ1) is 13.7. The van der Waals surface area contributed by atoms with Crippen LogP contribution in [0.1, 0.15) is 62.3 Å². The third kappa shape index (κ3) is 2.84. The fraction of sp³-hybridized carbons (Fsp3) is 0.348. The molecule has 4 nitrogen and oxygen atoms in total. The molecule has 1 aliphatic heterocycles. The van der Waals surface area contributed by atoms with Crippen molar-refractivity contribution >= 4 is 11.6 Å². The van der Waals surface area contributed by atoms with Crippen LogP contribution in [0.15, 0.2) is 47.8 Å². The maximum Gasteiger partial charge on any atom is 0.266 e. The van der Waals surface area contributed by atoms with Crippen molar-refractivity contribution in [3.05, 3.63) is 70.1 Å². The molecule has 2 aromatic rings. The number of fused-ring (bicyclic) bond motifs is 1. The van der Waals surface area contributed by atoms with E-state index in [0.717, 1.165) is 17.5 Å². The number of allylic oxidation sites excluding steroid dienone is 2. The van der Waals surface area contributed by atoms with Crippen molar-refractivity contribution in [3.8, 4) is 6.07 Å². The van der Waals surface area contributed by atoms with E-state index in [9.17, 15) is 18.8 Å². The molecule has 1 aromatic carbocycles. The first kappa shape index (κ1) is 19.3. The third-order valence-corrected chi connectivity index (χ3v) is 5.95. The van der Waals surface area contributed by atoms with Crippen molar-refractivity contribution in [1.82, 2.24) is 4.98 Å². The van der Waals surface area contributed by atoms with Crippen LogP contribution in [0.3, 0.4) is 0 Å². The Morgan fingerprint density at radius 3 is 2.48 bits per heavy atom. The molecule has 1 atom stereocenters. The lowest BCUT2D eigenvalue weighted by atomic mass is 9.61. The van der Waals surface area contributed by atoms with Crippen LogP contribution >= 0.6 is 0 Å². The number of pyridine rings is 1. The number of anilines is 1. The van der Waals surface area contributed by atoms with Crippen molar-refractivity contribution in [3.63, 3.8) is 0 Å². The molecule has 0 unspecified atom stereocenters. The third-order valence-electron chi connectivity index (χ3n) is 5.95. The molecule has 4 rings (SSSR count). The maximum atomic E-state index is 13.7. The number of hydrogen-bond acceptors (Lipinski definition) is 4. The molecule has 0 spiro atoms. The molecule has 148 valence electrons. The summed E-state index contributed by atoms with van der Waals surface area (Å²) < 4.78 is 27.3. The highest BCUT2D eigenvalue weighted by Gasteiger charge is 2.49. The van der Waals surface area contributed by atoms with Gasteiger partial charge >= 0.3 is 0 Å². The number of ketones is 1. The van der Waals surface area contributed by atoms with Crippen LogP contribution in [0.2, 0.25) is 0 Å². The fourth-order valence-corrected chi connectivity index (χ4v) is 4.73. The summed E-state index contributed by atoms with van der Waals surface area (Å²) in [5, 5.41) is 13.0. The number of halogens is 2. The number of alkyl halides is 2. The van der Waals surface area contributed by atoms with Crippen molar-refractivity contribution in [1.29, 1.82) is 5.26 Å². The van der Waals surface area contributed by atoms with E-state index in [2.05, 4.69) is 10.3 Å². The van der Waals surface area contributed by atoms with Crippen molar-refractivity contribution < 1.29 is 13.6 Å². The zero-order valence-electron chi connectivity index (χ0n) is 16.5. The zero-order valence-corrected chi connectivity index (χ0v) is 16.5. The van der Waals surface area contributed by atoms with Crippen LogP contribution in [0.4, 0.5) is 14.6 Å². The van der Waals surface area contributed by atoms with Gasteiger partial charge in [0.25, 0.3) is 6.43 Å². The van der Waals surface area contributed by atoms with E-state index in [1.807, 2.05) is 57.2 Å². The molecule has 0 bridgehead atoms. The molecule has 0 saturated heterocycles. The van der Waals surface area contributed by atoms with Crippen molar-refractivity contribution in [2.24, 2.45) is 5.41 Å². The van der Waals surface area contributed by atoms with Crippen LogP contribution in [0.5, 0.6) is 0 Å². The molecule has 0 fully saturated rings. The number of aromatic nitrogens is 1. The van der Waals surface area contributed by atoms with Gasteiger partial charge < -0.3 is 5.32 Å². The lowest BCUT2D eigenvalue weighted by molar-refractivity contribution is -0.118. The SMILES string of the molecule is CC1(C)CC(=O)C2=C(C1)Nc1ncc(C(F)F)c(C#N)c1[C@@]2(C)c1ccccc1. The van der Waals surface area contributed by atoms with Gasteiger partial charge in [0.1, 0.15) is 11.9 Å². The first-order valence-corrected chi connectivity index (χ1v) is 9.50. The summed E-state index contributed by atoms with van der Waals surface area (Å²) in [6.45, 7) is 5.89. The average molecular weight is 393 g/mol. The average Bonchev–Trinajstić information content (AvgIpc) is 2.66.